The molecule has 0 aromatic heterocycles. The predicted molar refractivity (Wildman–Crippen MR) is 125 cm³/mol. The zero-order chi connectivity index (χ0) is 23.4. The second-order valence-corrected chi connectivity index (χ2v) is 7.98. The van der Waals surface area contributed by atoms with Crippen LogP contribution in [-0.2, 0) is 21.7 Å². The maximum atomic E-state index is 13.4. The van der Waals surface area contributed by atoms with Gasteiger partial charge in [0.15, 0.2) is 0 Å². The van der Waals surface area contributed by atoms with Crippen LogP contribution in [0.5, 0.6) is 5.75 Å². The van der Waals surface area contributed by atoms with E-state index in [4.69, 9.17) is 4.74 Å². The first-order chi connectivity index (χ1) is 15.9. The summed E-state index contributed by atoms with van der Waals surface area (Å²) >= 11 is 0. The molecule has 1 fully saturated rings. The minimum absolute atomic E-state index is 0.323. The number of hydrogen-bond acceptors (Lipinski definition) is 4. The fraction of sp³-hybridized carbons (Fsp3) is 0.192. The number of anilines is 1. The van der Waals surface area contributed by atoms with Crippen molar-refractivity contribution in [3.05, 3.63) is 96.1 Å². The zero-order valence-corrected chi connectivity index (χ0v) is 18.5. The molecule has 3 aromatic rings. The van der Waals surface area contributed by atoms with Gasteiger partial charge in [-0.05, 0) is 42.3 Å². The first-order valence-electron chi connectivity index (χ1n) is 10.6. The van der Waals surface area contributed by atoms with Crippen LogP contribution >= 0.6 is 0 Å². The summed E-state index contributed by atoms with van der Waals surface area (Å²) in [5.41, 5.74) is 0.979. The molecule has 0 aliphatic carbocycles. The Bertz CT molecular complexity index is 1150. The minimum atomic E-state index is -1.26. The molecule has 0 bridgehead atoms. The number of nitrogens with one attached hydrogen (secondary N) is 1. The largest absolute Gasteiger partial charge is 0.497 e. The van der Waals surface area contributed by atoms with Gasteiger partial charge >= 0.3 is 6.03 Å². The monoisotopic (exact) mass is 443 g/mol. The van der Waals surface area contributed by atoms with Crippen LogP contribution in [0.4, 0.5) is 10.5 Å². The Balaban J connectivity index is 1.57. The first kappa shape index (κ1) is 22.1. The van der Waals surface area contributed by atoms with Crippen molar-refractivity contribution in [1.29, 1.82) is 0 Å². The minimum Gasteiger partial charge on any atom is -0.497 e. The van der Waals surface area contributed by atoms with E-state index in [0.29, 0.717) is 23.5 Å². The fourth-order valence-electron chi connectivity index (χ4n) is 3.88. The quantitative estimate of drug-likeness (QED) is 0.565. The topological polar surface area (TPSA) is 79.0 Å². The fourth-order valence-corrected chi connectivity index (χ4v) is 3.88. The zero-order valence-electron chi connectivity index (χ0n) is 18.5. The lowest BCUT2D eigenvalue weighted by molar-refractivity contribution is -0.134. The lowest BCUT2D eigenvalue weighted by Crippen LogP contribution is -2.44. The van der Waals surface area contributed by atoms with Gasteiger partial charge in [-0.1, -0.05) is 60.7 Å². The van der Waals surface area contributed by atoms with Crippen LogP contribution in [0.1, 0.15) is 18.1 Å². The van der Waals surface area contributed by atoms with E-state index in [2.05, 4.69) is 5.32 Å². The van der Waals surface area contributed by atoms with Crippen molar-refractivity contribution >= 4 is 23.5 Å². The van der Waals surface area contributed by atoms with E-state index in [1.54, 1.807) is 43.2 Å². The van der Waals surface area contributed by atoms with Gasteiger partial charge in [-0.3, -0.25) is 14.5 Å². The number of carbonyl (C=O) groups excluding carboxylic acids is 3. The summed E-state index contributed by atoms with van der Waals surface area (Å²) in [5.74, 6) is -0.183. The van der Waals surface area contributed by atoms with E-state index in [-0.39, 0.29) is 12.5 Å². The Kier molecular flexibility index (Phi) is 6.13. The van der Waals surface area contributed by atoms with Crippen LogP contribution in [0.25, 0.3) is 0 Å². The summed E-state index contributed by atoms with van der Waals surface area (Å²) in [4.78, 5) is 42.0. The van der Waals surface area contributed by atoms with Crippen LogP contribution in [0, 0.1) is 0 Å². The van der Waals surface area contributed by atoms with Crippen molar-refractivity contribution in [3.63, 3.8) is 0 Å². The van der Waals surface area contributed by atoms with Gasteiger partial charge in [0.2, 0.25) is 5.91 Å². The summed E-state index contributed by atoms with van der Waals surface area (Å²) in [6, 6.07) is 25.1. The molecule has 1 aliphatic rings. The summed E-state index contributed by atoms with van der Waals surface area (Å²) in [6.45, 7) is 1.60. The Morgan fingerprint density at radius 3 is 2.15 bits per heavy atom. The van der Waals surface area contributed by atoms with E-state index in [1.165, 1.54) is 0 Å². The average molecular weight is 444 g/mol. The van der Waals surface area contributed by atoms with E-state index in [9.17, 15) is 14.4 Å². The normalized spacial score (nSPS) is 17.6. The number of ether oxygens (including phenoxy) is 1. The molecule has 7 heteroatoms. The van der Waals surface area contributed by atoms with E-state index in [0.717, 1.165) is 10.5 Å². The average Bonchev–Trinajstić information content (AvgIpc) is 3.07. The molecule has 0 spiro atoms. The van der Waals surface area contributed by atoms with Crippen LogP contribution < -0.4 is 15.0 Å². The standard InChI is InChI=1S/C26H25N3O4/c1-26(20-13-15-22(33-2)16-14-20)24(31)29(25(32)27-26)18-23(30)28(21-11-7-4-8-12-21)17-19-9-5-3-6-10-19/h3-16H,17-18H2,1-2H3,(H,27,32). The highest BCUT2D eigenvalue weighted by Gasteiger charge is 2.49. The summed E-state index contributed by atoms with van der Waals surface area (Å²) in [6.07, 6.45) is 0. The number of methoxy groups -OCH3 is 1. The highest BCUT2D eigenvalue weighted by Crippen LogP contribution is 2.30. The number of para-hydroxylation sites is 1. The molecule has 33 heavy (non-hydrogen) atoms. The van der Waals surface area contributed by atoms with E-state index >= 15 is 0 Å². The lowest BCUT2D eigenvalue weighted by atomic mass is 9.92. The molecule has 3 aromatic carbocycles. The SMILES string of the molecule is COc1ccc(C2(C)NC(=O)N(CC(=O)N(Cc3ccccc3)c3ccccc3)C2=O)cc1. The second kappa shape index (κ2) is 9.16. The smallest absolute Gasteiger partial charge is 0.325 e. The van der Waals surface area contributed by atoms with Gasteiger partial charge in [-0.2, -0.15) is 0 Å². The van der Waals surface area contributed by atoms with Crippen molar-refractivity contribution in [1.82, 2.24) is 10.2 Å². The summed E-state index contributed by atoms with van der Waals surface area (Å²) in [7, 11) is 1.56. The van der Waals surface area contributed by atoms with Crippen LogP contribution in [-0.4, -0.2) is 36.4 Å². The molecular weight excluding hydrogens is 418 g/mol. The number of benzene rings is 3. The van der Waals surface area contributed by atoms with Crippen molar-refractivity contribution in [2.24, 2.45) is 0 Å². The van der Waals surface area contributed by atoms with Gasteiger partial charge < -0.3 is 15.0 Å². The molecule has 0 saturated carbocycles. The second-order valence-electron chi connectivity index (χ2n) is 7.98. The predicted octanol–water partition coefficient (Wildman–Crippen LogP) is 3.70. The van der Waals surface area contributed by atoms with E-state index < -0.39 is 17.5 Å². The molecule has 1 aliphatic heterocycles. The Morgan fingerprint density at radius 1 is 0.939 bits per heavy atom. The van der Waals surface area contributed by atoms with Gasteiger partial charge in [0.05, 0.1) is 13.7 Å². The number of hydrogen-bond donors (Lipinski definition) is 1. The third-order valence-corrected chi connectivity index (χ3v) is 5.79. The number of amides is 4. The van der Waals surface area contributed by atoms with Crippen LogP contribution in [0.15, 0.2) is 84.9 Å². The van der Waals surface area contributed by atoms with Gasteiger partial charge in [-0.15, -0.1) is 0 Å². The van der Waals surface area contributed by atoms with Crippen LogP contribution in [0.2, 0.25) is 0 Å². The summed E-state index contributed by atoms with van der Waals surface area (Å²) < 4.78 is 5.17. The van der Waals surface area contributed by atoms with E-state index in [1.807, 2.05) is 60.7 Å². The molecule has 1 atom stereocenters. The number of nitrogens with zero attached hydrogens (tertiary/aromatic N) is 2. The molecule has 1 heterocycles. The highest BCUT2D eigenvalue weighted by atomic mass is 16.5. The molecule has 1 unspecified atom stereocenters. The Hall–Kier alpha value is -4.13. The number of rotatable bonds is 7. The molecule has 4 rings (SSSR count). The van der Waals surface area contributed by atoms with Gasteiger partial charge in [0, 0.05) is 5.69 Å². The molecular formula is C26H25N3O4. The van der Waals surface area contributed by atoms with Crippen molar-refractivity contribution in [2.75, 3.05) is 18.6 Å². The summed E-state index contributed by atoms with van der Waals surface area (Å²) in [5, 5.41) is 2.74. The molecule has 4 amide bonds. The molecule has 168 valence electrons. The molecule has 1 N–H and O–H groups in total. The van der Waals surface area contributed by atoms with Gasteiger partial charge in [0.1, 0.15) is 17.8 Å². The Morgan fingerprint density at radius 2 is 1.55 bits per heavy atom. The molecule has 7 nitrogen and oxygen atoms in total. The third-order valence-electron chi connectivity index (χ3n) is 5.79. The number of carbonyl (C=O) groups is 3. The van der Waals surface area contributed by atoms with Crippen LogP contribution in [0.3, 0.4) is 0 Å². The maximum absolute atomic E-state index is 13.4. The number of imide groups is 1. The van der Waals surface area contributed by atoms with Crippen molar-refractivity contribution in [3.8, 4) is 5.75 Å². The van der Waals surface area contributed by atoms with Crippen molar-refractivity contribution < 1.29 is 19.1 Å². The molecule has 0 radical (unpaired) electrons. The first-order valence-corrected chi connectivity index (χ1v) is 10.6. The highest BCUT2D eigenvalue weighted by molar-refractivity contribution is 6.10. The van der Waals surface area contributed by atoms with Gasteiger partial charge in [0.25, 0.3) is 5.91 Å². The van der Waals surface area contributed by atoms with Crippen molar-refractivity contribution in [2.45, 2.75) is 19.0 Å². The van der Waals surface area contributed by atoms with Gasteiger partial charge in [-0.25, -0.2) is 4.79 Å². The Labute approximate surface area is 192 Å². The third kappa shape index (κ3) is 4.43. The molecule has 1 saturated heterocycles. The number of urea groups is 1. The maximum Gasteiger partial charge on any atom is 0.325 e. The lowest BCUT2D eigenvalue weighted by Gasteiger charge is -2.26.